The van der Waals surface area contributed by atoms with Gasteiger partial charge in [0.25, 0.3) is 0 Å². The van der Waals surface area contributed by atoms with E-state index in [0.717, 1.165) is 0 Å². The van der Waals surface area contributed by atoms with E-state index in [1.807, 2.05) is 0 Å². The van der Waals surface area contributed by atoms with Gasteiger partial charge < -0.3 is 14.8 Å². The minimum atomic E-state index is -2.85. The second kappa shape index (κ2) is 7.13. The molecule has 0 aliphatic carbocycles. The fourth-order valence-corrected chi connectivity index (χ4v) is 2.04. The number of ether oxygens (including phenoxy) is 2. The Labute approximate surface area is 126 Å². The zero-order valence-corrected chi connectivity index (χ0v) is 12.0. The standard InChI is InChI=1S/C15H14ClF2NO2/c1-20-14-7-6-11(16)8-12(14)19-9-10-4-2-3-5-13(10)21-15(17)18/h2-8,15,19H,9H2,1H3. The molecule has 0 unspecified atom stereocenters. The molecule has 0 aliphatic heterocycles. The van der Waals surface area contributed by atoms with E-state index < -0.39 is 6.61 Å². The van der Waals surface area contributed by atoms with Crippen molar-refractivity contribution in [1.82, 2.24) is 0 Å². The van der Waals surface area contributed by atoms with Crippen molar-refractivity contribution in [1.29, 1.82) is 0 Å². The number of rotatable bonds is 6. The van der Waals surface area contributed by atoms with E-state index >= 15 is 0 Å². The highest BCUT2D eigenvalue weighted by Gasteiger charge is 2.10. The molecule has 0 aliphatic rings. The van der Waals surface area contributed by atoms with Gasteiger partial charge in [-0.2, -0.15) is 8.78 Å². The second-order valence-electron chi connectivity index (χ2n) is 4.18. The van der Waals surface area contributed by atoms with Gasteiger partial charge in [-0.3, -0.25) is 0 Å². The van der Waals surface area contributed by atoms with E-state index in [1.165, 1.54) is 6.07 Å². The number of anilines is 1. The molecule has 0 spiro atoms. The minimum absolute atomic E-state index is 0.140. The number of para-hydroxylation sites is 1. The first-order chi connectivity index (χ1) is 10.1. The van der Waals surface area contributed by atoms with Crippen LogP contribution in [0.25, 0.3) is 0 Å². The highest BCUT2D eigenvalue weighted by molar-refractivity contribution is 6.30. The zero-order chi connectivity index (χ0) is 15.2. The van der Waals surface area contributed by atoms with Crippen molar-refractivity contribution in [3.63, 3.8) is 0 Å². The predicted molar refractivity (Wildman–Crippen MR) is 78.4 cm³/mol. The normalized spacial score (nSPS) is 10.5. The molecule has 0 saturated carbocycles. The third-order valence-electron chi connectivity index (χ3n) is 2.82. The van der Waals surface area contributed by atoms with E-state index in [1.54, 1.807) is 43.5 Å². The third kappa shape index (κ3) is 4.23. The molecule has 0 amide bonds. The fraction of sp³-hybridized carbons (Fsp3) is 0.200. The molecule has 2 aromatic carbocycles. The van der Waals surface area contributed by atoms with E-state index in [2.05, 4.69) is 10.1 Å². The molecule has 0 fully saturated rings. The average molecular weight is 314 g/mol. The van der Waals surface area contributed by atoms with Gasteiger partial charge in [0.05, 0.1) is 12.8 Å². The lowest BCUT2D eigenvalue weighted by Gasteiger charge is -2.14. The molecule has 0 bridgehead atoms. The van der Waals surface area contributed by atoms with Gasteiger partial charge in [0.2, 0.25) is 0 Å². The Kier molecular flexibility index (Phi) is 5.22. The number of alkyl halides is 2. The number of halogens is 3. The highest BCUT2D eigenvalue weighted by atomic mass is 35.5. The van der Waals surface area contributed by atoms with Crippen LogP contribution in [-0.4, -0.2) is 13.7 Å². The first kappa shape index (κ1) is 15.4. The average Bonchev–Trinajstić information content (AvgIpc) is 2.46. The van der Waals surface area contributed by atoms with Gasteiger partial charge in [-0.1, -0.05) is 29.8 Å². The van der Waals surface area contributed by atoms with Crippen LogP contribution >= 0.6 is 11.6 Å². The molecule has 112 valence electrons. The number of nitrogens with one attached hydrogen (secondary N) is 1. The summed E-state index contributed by atoms with van der Waals surface area (Å²) >= 11 is 5.94. The Morgan fingerprint density at radius 3 is 2.62 bits per heavy atom. The van der Waals surface area contributed by atoms with Crippen LogP contribution in [0.3, 0.4) is 0 Å². The Hall–Kier alpha value is -2.01. The lowest BCUT2D eigenvalue weighted by Crippen LogP contribution is -2.07. The molecule has 0 saturated heterocycles. The van der Waals surface area contributed by atoms with Gasteiger partial charge in [0.15, 0.2) is 0 Å². The largest absolute Gasteiger partial charge is 0.495 e. The molecule has 0 atom stereocenters. The summed E-state index contributed by atoms with van der Waals surface area (Å²) in [6, 6.07) is 11.7. The lowest BCUT2D eigenvalue weighted by atomic mass is 10.2. The van der Waals surface area contributed by atoms with Crippen molar-refractivity contribution in [2.75, 3.05) is 12.4 Å². The highest BCUT2D eigenvalue weighted by Crippen LogP contribution is 2.29. The van der Waals surface area contributed by atoms with Crippen LogP contribution in [0.4, 0.5) is 14.5 Å². The summed E-state index contributed by atoms with van der Waals surface area (Å²) in [5.41, 5.74) is 1.29. The number of methoxy groups -OCH3 is 1. The Morgan fingerprint density at radius 2 is 1.90 bits per heavy atom. The van der Waals surface area contributed by atoms with Crippen molar-refractivity contribution in [2.45, 2.75) is 13.2 Å². The Morgan fingerprint density at radius 1 is 1.14 bits per heavy atom. The van der Waals surface area contributed by atoms with Gasteiger partial charge >= 0.3 is 6.61 Å². The van der Waals surface area contributed by atoms with Crippen molar-refractivity contribution in [3.8, 4) is 11.5 Å². The molecule has 2 aromatic rings. The molecule has 1 N–H and O–H groups in total. The van der Waals surface area contributed by atoms with Crippen LogP contribution in [0.5, 0.6) is 11.5 Å². The van der Waals surface area contributed by atoms with Crippen LogP contribution in [0.2, 0.25) is 5.02 Å². The lowest BCUT2D eigenvalue weighted by molar-refractivity contribution is -0.0504. The Bertz CT molecular complexity index is 608. The molecule has 0 radical (unpaired) electrons. The van der Waals surface area contributed by atoms with E-state index in [4.69, 9.17) is 16.3 Å². The minimum Gasteiger partial charge on any atom is -0.495 e. The summed E-state index contributed by atoms with van der Waals surface area (Å²) in [6.07, 6.45) is 0. The summed E-state index contributed by atoms with van der Waals surface area (Å²) in [5, 5.41) is 3.65. The summed E-state index contributed by atoms with van der Waals surface area (Å²) in [4.78, 5) is 0. The van der Waals surface area contributed by atoms with Gasteiger partial charge in [0.1, 0.15) is 11.5 Å². The first-order valence-corrected chi connectivity index (χ1v) is 6.58. The zero-order valence-electron chi connectivity index (χ0n) is 11.3. The summed E-state index contributed by atoms with van der Waals surface area (Å²) in [5.74, 6) is 0.757. The summed E-state index contributed by atoms with van der Waals surface area (Å²) < 4.78 is 34.4. The van der Waals surface area contributed by atoms with Crippen LogP contribution in [0, 0.1) is 0 Å². The van der Waals surface area contributed by atoms with Crippen molar-refractivity contribution in [2.24, 2.45) is 0 Å². The van der Waals surface area contributed by atoms with Crippen LogP contribution in [0.1, 0.15) is 5.56 Å². The number of hydrogen-bond acceptors (Lipinski definition) is 3. The number of hydrogen-bond donors (Lipinski definition) is 1. The predicted octanol–water partition coefficient (Wildman–Crippen LogP) is 4.56. The van der Waals surface area contributed by atoms with Crippen LogP contribution < -0.4 is 14.8 Å². The van der Waals surface area contributed by atoms with E-state index in [-0.39, 0.29) is 5.75 Å². The SMILES string of the molecule is COc1ccc(Cl)cc1NCc1ccccc1OC(F)F. The second-order valence-corrected chi connectivity index (χ2v) is 4.62. The molecule has 0 aromatic heterocycles. The van der Waals surface area contributed by atoms with Gasteiger partial charge in [-0.25, -0.2) is 0 Å². The fourth-order valence-electron chi connectivity index (χ4n) is 1.87. The monoisotopic (exact) mass is 313 g/mol. The van der Waals surface area contributed by atoms with E-state index in [9.17, 15) is 8.78 Å². The smallest absolute Gasteiger partial charge is 0.387 e. The molecule has 2 rings (SSSR count). The van der Waals surface area contributed by atoms with Gasteiger partial charge in [0, 0.05) is 17.1 Å². The quantitative estimate of drug-likeness (QED) is 0.848. The number of benzene rings is 2. The molecule has 3 nitrogen and oxygen atoms in total. The summed E-state index contributed by atoms with van der Waals surface area (Å²) in [6.45, 7) is -2.55. The maximum Gasteiger partial charge on any atom is 0.387 e. The first-order valence-electron chi connectivity index (χ1n) is 6.20. The maximum atomic E-state index is 12.4. The van der Waals surface area contributed by atoms with Crippen molar-refractivity contribution >= 4 is 17.3 Å². The van der Waals surface area contributed by atoms with Crippen molar-refractivity contribution in [3.05, 3.63) is 53.1 Å². The summed E-state index contributed by atoms with van der Waals surface area (Å²) in [7, 11) is 1.54. The third-order valence-corrected chi connectivity index (χ3v) is 3.05. The molecule has 0 heterocycles. The van der Waals surface area contributed by atoms with Gasteiger partial charge in [-0.05, 0) is 24.3 Å². The van der Waals surface area contributed by atoms with Crippen LogP contribution in [-0.2, 0) is 6.54 Å². The van der Waals surface area contributed by atoms with Crippen molar-refractivity contribution < 1.29 is 18.3 Å². The van der Waals surface area contributed by atoms with E-state index in [0.29, 0.717) is 28.6 Å². The molecular weight excluding hydrogens is 300 g/mol. The topological polar surface area (TPSA) is 30.5 Å². The van der Waals surface area contributed by atoms with Crippen LogP contribution in [0.15, 0.2) is 42.5 Å². The molecule has 21 heavy (non-hydrogen) atoms. The maximum absolute atomic E-state index is 12.4. The molecule has 6 heteroatoms. The Balaban J connectivity index is 2.15. The molecular formula is C15H14ClF2NO2. The van der Waals surface area contributed by atoms with Gasteiger partial charge in [-0.15, -0.1) is 0 Å².